The zero-order valence-electron chi connectivity index (χ0n) is 16.6. The van der Waals surface area contributed by atoms with E-state index in [0.29, 0.717) is 36.7 Å². The number of nitrogens with zero attached hydrogens (tertiary/aromatic N) is 3. The molecule has 0 spiro atoms. The van der Waals surface area contributed by atoms with Gasteiger partial charge in [-0.2, -0.15) is 0 Å². The fourth-order valence-corrected chi connectivity index (χ4v) is 3.62. The topological polar surface area (TPSA) is 90.4 Å². The molecular formula is C22H25N5O2. The van der Waals surface area contributed by atoms with Crippen LogP contribution in [0, 0.1) is 0 Å². The molecule has 1 saturated heterocycles. The molecule has 1 aliphatic rings. The van der Waals surface area contributed by atoms with Crippen molar-refractivity contribution in [1.29, 1.82) is 0 Å². The van der Waals surface area contributed by atoms with Gasteiger partial charge in [-0.25, -0.2) is 9.97 Å². The van der Waals surface area contributed by atoms with Gasteiger partial charge in [-0.3, -0.25) is 4.79 Å². The summed E-state index contributed by atoms with van der Waals surface area (Å²) in [6.07, 6.45) is 0.688. The van der Waals surface area contributed by atoms with Gasteiger partial charge in [0.1, 0.15) is 11.6 Å². The molecule has 0 radical (unpaired) electrons. The number of carbonyl (C=O) groups excluding carboxylic acids is 1. The van der Waals surface area contributed by atoms with Gasteiger partial charge in [0.05, 0.1) is 17.1 Å². The van der Waals surface area contributed by atoms with Crippen LogP contribution in [0.15, 0.2) is 48.5 Å². The van der Waals surface area contributed by atoms with Gasteiger partial charge in [0.15, 0.2) is 5.82 Å². The second-order valence-electron chi connectivity index (χ2n) is 7.32. The highest BCUT2D eigenvalue weighted by Gasteiger charge is 2.31. The van der Waals surface area contributed by atoms with E-state index in [2.05, 4.69) is 15.6 Å². The Labute approximate surface area is 169 Å². The Bertz CT molecular complexity index is 1040. The highest BCUT2D eigenvalue weighted by molar-refractivity contribution is 5.91. The molecule has 7 heteroatoms. The Balaban J connectivity index is 1.64. The lowest BCUT2D eigenvalue weighted by molar-refractivity contribution is -0.131. The van der Waals surface area contributed by atoms with Gasteiger partial charge in [0, 0.05) is 31.6 Å². The molecule has 2 aromatic carbocycles. The summed E-state index contributed by atoms with van der Waals surface area (Å²) >= 11 is 0. The summed E-state index contributed by atoms with van der Waals surface area (Å²) in [7, 11) is 1.82. The number of carbonyl (C=O) groups is 1. The lowest BCUT2D eigenvalue weighted by Gasteiger charge is -2.19. The molecule has 0 bridgehead atoms. The fourth-order valence-electron chi connectivity index (χ4n) is 3.62. The van der Waals surface area contributed by atoms with Crippen LogP contribution in [0.1, 0.15) is 13.3 Å². The van der Waals surface area contributed by atoms with Crippen LogP contribution in [0.4, 0.5) is 5.82 Å². The summed E-state index contributed by atoms with van der Waals surface area (Å²) in [5.74, 6) is 1.43. The molecule has 2 heterocycles. The Kier molecular flexibility index (Phi) is 5.31. The maximum atomic E-state index is 12.4. The molecule has 29 heavy (non-hydrogen) atoms. The number of aromatic nitrogens is 2. The van der Waals surface area contributed by atoms with Gasteiger partial charge in [0.2, 0.25) is 5.91 Å². The molecule has 1 unspecified atom stereocenters. The number of benzene rings is 2. The van der Waals surface area contributed by atoms with E-state index >= 15 is 0 Å². The summed E-state index contributed by atoms with van der Waals surface area (Å²) in [5, 5.41) is 17.9. The van der Waals surface area contributed by atoms with Crippen molar-refractivity contribution >= 4 is 22.6 Å². The highest BCUT2D eigenvalue weighted by Crippen LogP contribution is 2.30. The second-order valence-corrected chi connectivity index (χ2v) is 7.32. The van der Waals surface area contributed by atoms with Crippen molar-refractivity contribution in [1.82, 2.24) is 20.2 Å². The highest BCUT2D eigenvalue weighted by atomic mass is 16.3. The van der Waals surface area contributed by atoms with E-state index in [1.54, 1.807) is 23.1 Å². The van der Waals surface area contributed by atoms with E-state index in [1.807, 2.05) is 44.3 Å². The van der Waals surface area contributed by atoms with Crippen molar-refractivity contribution in [2.75, 3.05) is 25.5 Å². The lowest BCUT2D eigenvalue weighted by atomic mass is 10.1. The number of anilines is 1. The van der Waals surface area contributed by atoms with Crippen LogP contribution in [-0.2, 0) is 4.79 Å². The minimum absolute atomic E-state index is 0.0738. The van der Waals surface area contributed by atoms with Crippen LogP contribution in [0.5, 0.6) is 5.75 Å². The molecular weight excluding hydrogens is 366 g/mol. The van der Waals surface area contributed by atoms with E-state index in [9.17, 15) is 9.90 Å². The van der Waals surface area contributed by atoms with Gasteiger partial charge >= 0.3 is 0 Å². The summed E-state index contributed by atoms with van der Waals surface area (Å²) in [6.45, 7) is 3.34. The maximum absolute atomic E-state index is 12.4. The first-order chi connectivity index (χ1) is 14.1. The van der Waals surface area contributed by atoms with E-state index in [1.165, 1.54) is 0 Å². The van der Waals surface area contributed by atoms with E-state index in [0.717, 1.165) is 10.9 Å². The van der Waals surface area contributed by atoms with Gasteiger partial charge < -0.3 is 20.6 Å². The molecule has 1 aromatic heterocycles. The normalized spacial score (nSPS) is 18.7. The van der Waals surface area contributed by atoms with Crippen LogP contribution in [-0.4, -0.2) is 58.1 Å². The average Bonchev–Trinajstić information content (AvgIpc) is 3.21. The number of amides is 1. The summed E-state index contributed by atoms with van der Waals surface area (Å²) in [4.78, 5) is 23.5. The number of phenolic OH excluding ortho intramolecular Hbond substituents is 1. The number of phenols is 1. The number of likely N-dealkylation sites (N-methyl/N-ethyl adjacent to an activating group) is 1. The van der Waals surface area contributed by atoms with E-state index in [4.69, 9.17) is 4.98 Å². The summed E-state index contributed by atoms with van der Waals surface area (Å²) < 4.78 is 0. The zero-order chi connectivity index (χ0) is 20.4. The summed E-state index contributed by atoms with van der Waals surface area (Å²) in [5.41, 5.74) is 1.39. The monoisotopic (exact) mass is 391 g/mol. The smallest absolute Gasteiger partial charge is 0.239 e. The molecule has 2 atom stereocenters. The lowest BCUT2D eigenvalue weighted by Crippen LogP contribution is -2.41. The van der Waals surface area contributed by atoms with Crippen LogP contribution < -0.4 is 10.6 Å². The molecule has 4 rings (SSSR count). The Hall–Kier alpha value is -3.19. The molecule has 7 nitrogen and oxygen atoms in total. The number of hydrogen-bond acceptors (Lipinski definition) is 6. The van der Waals surface area contributed by atoms with Gasteiger partial charge in [-0.15, -0.1) is 0 Å². The minimum atomic E-state index is -0.191. The van der Waals surface area contributed by atoms with Crippen molar-refractivity contribution in [3.63, 3.8) is 0 Å². The van der Waals surface area contributed by atoms with Crippen molar-refractivity contribution in [2.45, 2.75) is 25.4 Å². The van der Waals surface area contributed by atoms with Gasteiger partial charge in [-0.1, -0.05) is 24.3 Å². The Morgan fingerprint density at radius 3 is 2.76 bits per heavy atom. The molecule has 150 valence electrons. The van der Waals surface area contributed by atoms with Crippen LogP contribution in [0.3, 0.4) is 0 Å². The maximum Gasteiger partial charge on any atom is 0.239 e. The first-order valence-electron chi connectivity index (χ1n) is 9.87. The fraction of sp³-hybridized carbons (Fsp3) is 0.318. The molecule has 3 N–H and O–H groups in total. The Morgan fingerprint density at radius 1 is 1.21 bits per heavy atom. The number of para-hydroxylation sites is 2. The first kappa shape index (κ1) is 19.1. The van der Waals surface area contributed by atoms with Crippen molar-refractivity contribution in [2.24, 2.45) is 0 Å². The van der Waals surface area contributed by atoms with E-state index in [-0.39, 0.29) is 23.7 Å². The predicted octanol–water partition coefficient (Wildman–Crippen LogP) is 2.62. The number of aromatic hydroxyl groups is 1. The molecule has 1 aliphatic heterocycles. The number of hydrogen-bond donors (Lipinski definition) is 3. The third kappa shape index (κ3) is 3.86. The van der Waals surface area contributed by atoms with Crippen LogP contribution in [0.2, 0.25) is 0 Å². The van der Waals surface area contributed by atoms with Crippen LogP contribution in [0.25, 0.3) is 22.3 Å². The van der Waals surface area contributed by atoms with Crippen molar-refractivity contribution in [3.8, 4) is 17.1 Å². The molecule has 0 saturated carbocycles. The van der Waals surface area contributed by atoms with Crippen LogP contribution >= 0.6 is 0 Å². The number of rotatable bonds is 5. The van der Waals surface area contributed by atoms with Crippen molar-refractivity contribution in [3.05, 3.63) is 48.5 Å². The SMILES string of the molecule is CCN(C)C(=O)[C@H]1CC(Nc2nc(-c3ccccc3O)nc3ccccc23)CN1. The predicted molar refractivity (Wildman–Crippen MR) is 114 cm³/mol. The van der Waals surface area contributed by atoms with Gasteiger partial charge in [-0.05, 0) is 37.6 Å². The minimum Gasteiger partial charge on any atom is -0.507 e. The van der Waals surface area contributed by atoms with E-state index < -0.39 is 0 Å². The first-order valence-corrected chi connectivity index (χ1v) is 9.87. The number of fused-ring (bicyclic) bond motifs is 1. The zero-order valence-corrected chi connectivity index (χ0v) is 16.6. The third-order valence-corrected chi connectivity index (χ3v) is 5.37. The largest absolute Gasteiger partial charge is 0.507 e. The van der Waals surface area contributed by atoms with Crippen molar-refractivity contribution < 1.29 is 9.90 Å². The quantitative estimate of drug-likeness (QED) is 0.619. The average molecular weight is 391 g/mol. The molecule has 1 fully saturated rings. The second kappa shape index (κ2) is 8.05. The Morgan fingerprint density at radius 2 is 1.97 bits per heavy atom. The molecule has 3 aromatic rings. The summed E-state index contributed by atoms with van der Waals surface area (Å²) in [6, 6.07) is 14.7. The molecule has 1 amide bonds. The van der Waals surface area contributed by atoms with Gasteiger partial charge in [0.25, 0.3) is 0 Å². The number of nitrogens with one attached hydrogen (secondary N) is 2. The molecule has 0 aliphatic carbocycles. The third-order valence-electron chi connectivity index (χ3n) is 5.37. The standard InChI is InChI=1S/C22H25N5O2/c1-3-27(2)22(29)18-12-14(13-23-18)24-20-15-8-4-6-10-17(15)25-21(26-20)16-9-5-7-11-19(16)28/h4-11,14,18,23,28H,3,12-13H2,1-2H3,(H,24,25,26)/t14?,18-/m1/s1.